The first-order valence-corrected chi connectivity index (χ1v) is 21.6. The average Bonchev–Trinajstić information content (AvgIpc) is 3.90. The number of hydrogen-bond donors (Lipinski definition) is 0. The van der Waals surface area contributed by atoms with Crippen molar-refractivity contribution >= 4 is 81.3 Å². The van der Waals surface area contributed by atoms with E-state index in [1.54, 1.807) is 0 Å². The maximum Gasteiger partial charge on any atom is 0.136 e. The number of hydrogen-bond acceptors (Lipinski definition) is 3. The molecule has 0 unspecified atom stereocenters. The van der Waals surface area contributed by atoms with E-state index in [4.69, 9.17) is 4.42 Å². The summed E-state index contributed by atoms with van der Waals surface area (Å²) in [6, 6.07) is 81.3. The fraction of sp³-hybridized carbons (Fsp3) is 0. The summed E-state index contributed by atoms with van der Waals surface area (Å²) in [5.41, 5.74) is 14.4. The van der Waals surface area contributed by atoms with Crippen LogP contribution in [0.25, 0.3) is 97.4 Å². The van der Waals surface area contributed by atoms with Crippen LogP contribution in [0.5, 0.6) is 0 Å². The fourth-order valence-corrected chi connectivity index (χ4v) is 10.5. The molecular weight excluding hydrogens is 759 g/mol. The van der Waals surface area contributed by atoms with Gasteiger partial charge in [-0.2, -0.15) is 0 Å². The van der Waals surface area contributed by atoms with Gasteiger partial charge in [-0.15, -0.1) is 11.3 Å². The number of fused-ring (bicyclic) bond motifs is 7. The molecule has 3 heteroatoms. The second kappa shape index (κ2) is 14.5. The molecule has 0 spiro atoms. The van der Waals surface area contributed by atoms with Gasteiger partial charge in [0, 0.05) is 47.8 Å². The van der Waals surface area contributed by atoms with Crippen LogP contribution in [-0.2, 0) is 0 Å². The lowest BCUT2D eigenvalue weighted by Crippen LogP contribution is -2.12. The summed E-state index contributed by atoms with van der Waals surface area (Å²) in [6.45, 7) is 0. The molecular formula is C58H37NOS. The number of nitrogens with zero attached hydrogens (tertiary/aromatic N) is 1. The van der Waals surface area contributed by atoms with Gasteiger partial charge in [-0.25, -0.2) is 0 Å². The quantitative estimate of drug-likeness (QED) is 0.160. The predicted molar refractivity (Wildman–Crippen MR) is 261 cm³/mol. The first-order valence-electron chi connectivity index (χ1n) is 20.7. The Labute approximate surface area is 357 Å². The number of thiophene rings is 1. The average molecular weight is 796 g/mol. The van der Waals surface area contributed by atoms with Crippen LogP contribution in [0, 0.1) is 0 Å². The van der Waals surface area contributed by atoms with Gasteiger partial charge in [0.2, 0.25) is 0 Å². The van der Waals surface area contributed by atoms with E-state index < -0.39 is 0 Å². The lowest BCUT2D eigenvalue weighted by molar-refractivity contribution is 0.669. The van der Waals surface area contributed by atoms with Crippen molar-refractivity contribution in [2.24, 2.45) is 0 Å². The largest absolute Gasteiger partial charge is 0.456 e. The van der Waals surface area contributed by atoms with E-state index in [-0.39, 0.29) is 0 Å². The Morgan fingerprint density at radius 2 is 0.902 bits per heavy atom. The monoisotopic (exact) mass is 795 g/mol. The molecule has 0 atom stereocenters. The van der Waals surface area contributed by atoms with E-state index in [2.05, 4.69) is 217 Å². The normalized spacial score (nSPS) is 11.6. The zero-order valence-corrected chi connectivity index (χ0v) is 33.9. The lowest BCUT2D eigenvalue weighted by atomic mass is 9.90. The van der Waals surface area contributed by atoms with E-state index >= 15 is 0 Å². The Kier molecular flexibility index (Phi) is 8.39. The van der Waals surface area contributed by atoms with Crippen LogP contribution in [0.1, 0.15) is 0 Å². The van der Waals surface area contributed by atoms with Gasteiger partial charge in [-0.05, 0) is 98.8 Å². The molecule has 0 fully saturated rings. The number of anilines is 3. The van der Waals surface area contributed by atoms with Crippen LogP contribution in [-0.4, -0.2) is 0 Å². The third-order valence-corrected chi connectivity index (χ3v) is 13.2. The predicted octanol–water partition coefficient (Wildman–Crippen LogP) is 17.2. The smallest absolute Gasteiger partial charge is 0.136 e. The van der Waals surface area contributed by atoms with E-state index in [1.165, 1.54) is 58.8 Å². The van der Waals surface area contributed by atoms with Crippen LogP contribution in [0.4, 0.5) is 17.1 Å². The van der Waals surface area contributed by atoms with Gasteiger partial charge in [0.25, 0.3) is 0 Å². The molecule has 2 nitrogen and oxygen atoms in total. The van der Waals surface area contributed by atoms with Crippen molar-refractivity contribution in [1.82, 2.24) is 0 Å². The maximum absolute atomic E-state index is 6.46. The number of para-hydroxylation sites is 3. The van der Waals surface area contributed by atoms with Gasteiger partial charge < -0.3 is 9.32 Å². The second-order valence-corrected chi connectivity index (χ2v) is 16.7. The van der Waals surface area contributed by atoms with Crippen LogP contribution >= 0.6 is 11.3 Å². The molecule has 10 aromatic carbocycles. The van der Waals surface area contributed by atoms with Crippen molar-refractivity contribution in [2.75, 3.05) is 4.90 Å². The second-order valence-electron chi connectivity index (χ2n) is 15.6. The third kappa shape index (κ3) is 5.93. The molecule has 0 aliphatic carbocycles. The van der Waals surface area contributed by atoms with E-state index in [1.807, 2.05) is 23.5 Å². The summed E-state index contributed by atoms with van der Waals surface area (Å²) in [7, 11) is 0. The number of rotatable bonds is 7. The molecule has 0 bridgehead atoms. The fourth-order valence-electron chi connectivity index (χ4n) is 9.36. The van der Waals surface area contributed by atoms with Crippen molar-refractivity contribution in [1.29, 1.82) is 0 Å². The first-order chi connectivity index (χ1) is 30.3. The lowest BCUT2D eigenvalue weighted by Gasteiger charge is -2.30. The molecule has 0 aliphatic rings. The summed E-state index contributed by atoms with van der Waals surface area (Å²) >= 11 is 1.86. The summed E-state index contributed by atoms with van der Waals surface area (Å²) in [5.74, 6) is 0. The highest BCUT2D eigenvalue weighted by Gasteiger charge is 2.23. The minimum Gasteiger partial charge on any atom is -0.456 e. The van der Waals surface area contributed by atoms with E-state index in [0.29, 0.717) is 0 Å². The van der Waals surface area contributed by atoms with Gasteiger partial charge in [0.15, 0.2) is 0 Å². The van der Waals surface area contributed by atoms with E-state index in [0.717, 1.165) is 55.7 Å². The van der Waals surface area contributed by atoms with Crippen molar-refractivity contribution in [3.8, 4) is 44.5 Å². The Morgan fingerprint density at radius 1 is 0.328 bits per heavy atom. The van der Waals surface area contributed by atoms with E-state index in [9.17, 15) is 0 Å². The highest BCUT2D eigenvalue weighted by atomic mass is 32.1. The molecule has 2 heterocycles. The molecule has 0 radical (unpaired) electrons. The zero-order valence-electron chi connectivity index (χ0n) is 33.1. The standard InChI is InChI=1S/C58H37NOS/c1-2-16-38(17-3-1)44-26-13-18-39-19-14-28-49(57(39)44)46-23-5-9-30-52(46)59(42-21-12-20-40(36-42)45-27-15-33-56-58(45)50-25-7-11-32-55(50)61-56)51-29-8-4-22-43(51)41-34-35-48-47-24-6-10-31-53(47)60-54(48)37-41/h1-37H. The summed E-state index contributed by atoms with van der Waals surface area (Å²) in [4.78, 5) is 2.47. The van der Waals surface area contributed by atoms with Crippen molar-refractivity contribution in [3.63, 3.8) is 0 Å². The maximum atomic E-state index is 6.46. The Bertz CT molecular complexity index is 3610. The molecule has 61 heavy (non-hydrogen) atoms. The zero-order chi connectivity index (χ0) is 40.3. The highest BCUT2D eigenvalue weighted by Crippen LogP contribution is 2.49. The molecule has 2 aromatic heterocycles. The van der Waals surface area contributed by atoms with Gasteiger partial charge in [-0.3, -0.25) is 0 Å². The summed E-state index contributed by atoms with van der Waals surface area (Å²) in [6.07, 6.45) is 0. The summed E-state index contributed by atoms with van der Waals surface area (Å²) < 4.78 is 9.06. The summed E-state index contributed by atoms with van der Waals surface area (Å²) in [5, 5.41) is 7.28. The SMILES string of the molecule is c1ccc(-c2cccc3cccc(-c4ccccc4N(c4cccc(-c5cccc6sc7ccccc7c56)c4)c4ccccc4-c4ccc5c(c4)oc4ccccc45)c23)cc1. The molecule has 12 rings (SSSR count). The molecule has 0 N–H and O–H groups in total. The molecule has 0 saturated carbocycles. The van der Waals surface area contributed by atoms with Crippen molar-refractivity contribution in [2.45, 2.75) is 0 Å². The Hall–Kier alpha value is -7.72. The van der Waals surface area contributed by atoms with Gasteiger partial charge in [0.05, 0.1) is 11.4 Å². The Morgan fingerprint density at radius 3 is 1.75 bits per heavy atom. The van der Waals surface area contributed by atoms with Crippen molar-refractivity contribution in [3.05, 3.63) is 224 Å². The third-order valence-electron chi connectivity index (χ3n) is 12.1. The molecule has 286 valence electrons. The van der Waals surface area contributed by atoms with Crippen LogP contribution in [0.2, 0.25) is 0 Å². The first kappa shape index (κ1) is 35.2. The molecule has 0 saturated heterocycles. The van der Waals surface area contributed by atoms with Crippen LogP contribution in [0.15, 0.2) is 229 Å². The van der Waals surface area contributed by atoms with Gasteiger partial charge in [-0.1, -0.05) is 170 Å². The molecule has 0 amide bonds. The molecule has 12 aromatic rings. The minimum atomic E-state index is 0.878. The number of furan rings is 1. The van der Waals surface area contributed by atoms with Gasteiger partial charge >= 0.3 is 0 Å². The number of benzene rings is 10. The topological polar surface area (TPSA) is 16.4 Å². The van der Waals surface area contributed by atoms with Crippen molar-refractivity contribution < 1.29 is 4.42 Å². The van der Waals surface area contributed by atoms with Crippen LogP contribution < -0.4 is 4.90 Å². The highest BCUT2D eigenvalue weighted by molar-refractivity contribution is 7.25. The minimum absolute atomic E-state index is 0.878. The Balaban J connectivity index is 1.11. The van der Waals surface area contributed by atoms with Gasteiger partial charge in [0.1, 0.15) is 11.2 Å². The van der Waals surface area contributed by atoms with Crippen LogP contribution in [0.3, 0.4) is 0 Å². The molecule has 0 aliphatic heterocycles.